The highest BCUT2D eigenvalue weighted by atomic mass is 14.5. The molecule has 0 bridgehead atoms. The molecule has 3 nitrogen and oxygen atoms in total. The van der Waals surface area contributed by atoms with Crippen LogP contribution in [0.2, 0.25) is 0 Å². The highest BCUT2D eigenvalue weighted by Gasteiger charge is 1.89. The topological polar surface area (TPSA) is 75.8 Å². The Labute approximate surface area is 108 Å². The predicted octanol–water partition coefficient (Wildman–Crippen LogP) is 3.03. The molecule has 3 heteroatoms. The Bertz CT molecular complexity index is 568. The zero-order valence-corrected chi connectivity index (χ0v) is 10.6. The number of anilines is 2. The largest absolute Gasteiger partial charge is 0.399 e. The minimum absolute atomic E-state index is 0.606. The van der Waals surface area contributed by atoms with E-state index in [2.05, 4.69) is 13.0 Å². The molecule has 2 aromatic carbocycles. The van der Waals surface area contributed by atoms with Gasteiger partial charge in [-0.1, -0.05) is 23.8 Å². The van der Waals surface area contributed by atoms with Crippen LogP contribution in [0.4, 0.5) is 11.4 Å². The lowest BCUT2D eigenvalue weighted by Gasteiger charge is -1.98. The van der Waals surface area contributed by atoms with E-state index in [0.717, 1.165) is 11.3 Å². The first-order chi connectivity index (χ1) is 8.52. The van der Waals surface area contributed by atoms with Gasteiger partial charge in [-0.25, -0.2) is 0 Å². The number of benzene rings is 2. The number of hydrogen-bond donors (Lipinski definition) is 2. The van der Waals surface area contributed by atoms with E-state index >= 15 is 0 Å². The Morgan fingerprint density at radius 1 is 1.00 bits per heavy atom. The molecule has 0 aliphatic rings. The molecule has 0 amide bonds. The SMILES string of the molecule is Cc1ccc(N)c(C)c1.N#Cc1cccc(N)c1. The normalized spacial score (nSPS) is 8.94. The fourth-order valence-corrected chi connectivity index (χ4v) is 1.43. The maximum absolute atomic E-state index is 8.36. The van der Waals surface area contributed by atoms with Crippen molar-refractivity contribution in [2.24, 2.45) is 0 Å². The molecule has 0 aliphatic carbocycles. The van der Waals surface area contributed by atoms with Crippen molar-refractivity contribution in [3.63, 3.8) is 0 Å². The van der Waals surface area contributed by atoms with Gasteiger partial charge >= 0.3 is 0 Å². The van der Waals surface area contributed by atoms with Crippen molar-refractivity contribution in [2.45, 2.75) is 13.8 Å². The van der Waals surface area contributed by atoms with Gasteiger partial charge in [0.2, 0.25) is 0 Å². The van der Waals surface area contributed by atoms with E-state index in [1.807, 2.05) is 25.1 Å². The van der Waals surface area contributed by atoms with Gasteiger partial charge in [0.25, 0.3) is 0 Å². The third-order valence-corrected chi connectivity index (χ3v) is 2.44. The van der Waals surface area contributed by atoms with Crippen LogP contribution < -0.4 is 11.5 Å². The average molecular weight is 239 g/mol. The zero-order valence-electron chi connectivity index (χ0n) is 10.6. The summed E-state index contributed by atoms with van der Waals surface area (Å²) in [5.41, 5.74) is 15.5. The van der Waals surface area contributed by atoms with Crippen LogP contribution in [0.3, 0.4) is 0 Å². The van der Waals surface area contributed by atoms with Gasteiger partial charge in [0.05, 0.1) is 11.6 Å². The number of nitrogen functional groups attached to an aromatic ring is 2. The third-order valence-electron chi connectivity index (χ3n) is 2.44. The van der Waals surface area contributed by atoms with Crippen molar-refractivity contribution in [2.75, 3.05) is 11.5 Å². The average Bonchev–Trinajstić information content (AvgIpc) is 2.35. The summed E-state index contributed by atoms with van der Waals surface area (Å²) in [6.07, 6.45) is 0. The van der Waals surface area contributed by atoms with E-state index in [1.54, 1.807) is 24.3 Å². The summed E-state index contributed by atoms with van der Waals surface area (Å²) in [6, 6.07) is 14.9. The number of nitrogens with zero attached hydrogens (tertiary/aromatic N) is 1. The van der Waals surface area contributed by atoms with Gasteiger partial charge in [-0.05, 0) is 43.7 Å². The van der Waals surface area contributed by atoms with Gasteiger partial charge in [0, 0.05) is 11.4 Å². The first-order valence-corrected chi connectivity index (χ1v) is 5.61. The monoisotopic (exact) mass is 239 g/mol. The van der Waals surface area contributed by atoms with Crippen molar-refractivity contribution >= 4 is 11.4 Å². The summed E-state index contributed by atoms with van der Waals surface area (Å²) in [4.78, 5) is 0. The van der Waals surface area contributed by atoms with Crippen molar-refractivity contribution in [3.05, 3.63) is 59.2 Å². The quantitative estimate of drug-likeness (QED) is 0.694. The van der Waals surface area contributed by atoms with Crippen LogP contribution in [0, 0.1) is 25.2 Å². The lowest BCUT2D eigenvalue weighted by Crippen LogP contribution is -1.88. The summed E-state index contributed by atoms with van der Waals surface area (Å²) >= 11 is 0. The van der Waals surface area contributed by atoms with Crippen LogP contribution in [-0.2, 0) is 0 Å². The molecule has 0 aliphatic heterocycles. The van der Waals surface area contributed by atoms with Crippen molar-refractivity contribution in [3.8, 4) is 6.07 Å². The van der Waals surface area contributed by atoms with E-state index in [0.29, 0.717) is 11.3 Å². The molecule has 0 spiro atoms. The van der Waals surface area contributed by atoms with Crippen LogP contribution in [0.15, 0.2) is 42.5 Å². The molecular weight excluding hydrogens is 222 g/mol. The molecule has 0 saturated heterocycles. The Morgan fingerprint density at radius 3 is 2.17 bits per heavy atom. The first kappa shape index (κ1) is 13.6. The second-order valence-corrected chi connectivity index (χ2v) is 4.10. The molecule has 0 aromatic heterocycles. The Balaban J connectivity index is 0.000000180. The molecule has 0 heterocycles. The fourth-order valence-electron chi connectivity index (χ4n) is 1.43. The molecule has 2 rings (SSSR count). The van der Waals surface area contributed by atoms with E-state index in [1.165, 1.54) is 5.56 Å². The van der Waals surface area contributed by atoms with Gasteiger partial charge in [0.15, 0.2) is 0 Å². The van der Waals surface area contributed by atoms with Crippen LogP contribution in [-0.4, -0.2) is 0 Å². The van der Waals surface area contributed by atoms with Gasteiger partial charge in [-0.15, -0.1) is 0 Å². The second kappa shape index (κ2) is 6.31. The molecule has 2 aromatic rings. The molecule has 18 heavy (non-hydrogen) atoms. The smallest absolute Gasteiger partial charge is 0.0992 e. The molecule has 4 N–H and O–H groups in total. The molecule has 0 saturated carbocycles. The van der Waals surface area contributed by atoms with Gasteiger partial charge in [-0.2, -0.15) is 5.26 Å². The maximum atomic E-state index is 8.36. The van der Waals surface area contributed by atoms with Crippen LogP contribution in [0.5, 0.6) is 0 Å². The Hall–Kier alpha value is -2.47. The fraction of sp³-hybridized carbons (Fsp3) is 0.133. The zero-order chi connectivity index (χ0) is 13.5. The summed E-state index contributed by atoms with van der Waals surface area (Å²) < 4.78 is 0. The van der Waals surface area contributed by atoms with Gasteiger partial charge in [-0.3, -0.25) is 0 Å². The van der Waals surface area contributed by atoms with Crippen LogP contribution >= 0.6 is 0 Å². The predicted molar refractivity (Wildman–Crippen MR) is 75.9 cm³/mol. The molecule has 0 radical (unpaired) electrons. The lowest BCUT2D eigenvalue weighted by atomic mass is 10.1. The van der Waals surface area contributed by atoms with Gasteiger partial charge < -0.3 is 11.5 Å². The van der Waals surface area contributed by atoms with E-state index < -0.39 is 0 Å². The van der Waals surface area contributed by atoms with Crippen molar-refractivity contribution in [1.29, 1.82) is 5.26 Å². The second-order valence-electron chi connectivity index (χ2n) is 4.10. The number of nitriles is 1. The number of rotatable bonds is 0. The molecule has 0 fully saturated rings. The summed E-state index contributed by atoms with van der Waals surface area (Å²) in [5, 5.41) is 8.36. The maximum Gasteiger partial charge on any atom is 0.0992 e. The number of aryl methyl sites for hydroxylation is 2. The Morgan fingerprint density at radius 2 is 1.72 bits per heavy atom. The highest BCUT2D eigenvalue weighted by molar-refractivity contribution is 5.47. The molecular formula is C15H17N3. The van der Waals surface area contributed by atoms with Crippen LogP contribution in [0.25, 0.3) is 0 Å². The van der Waals surface area contributed by atoms with E-state index in [-0.39, 0.29) is 0 Å². The highest BCUT2D eigenvalue weighted by Crippen LogP contribution is 2.10. The lowest BCUT2D eigenvalue weighted by molar-refractivity contribution is 1.39. The molecule has 92 valence electrons. The summed E-state index contributed by atoms with van der Waals surface area (Å²) in [5.74, 6) is 0. The minimum Gasteiger partial charge on any atom is -0.399 e. The number of hydrogen-bond acceptors (Lipinski definition) is 3. The van der Waals surface area contributed by atoms with Crippen molar-refractivity contribution < 1.29 is 0 Å². The van der Waals surface area contributed by atoms with Crippen molar-refractivity contribution in [1.82, 2.24) is 0 Å². The molecule has 0 atom stereocenters. The standard InChI is InChI=1S/C8H11N.C7H6N2/c1-6-3-4-8(9)7(2)5-6;8-5-6-2-1-3-7(9)4-6/h3-5H,9H2,1-2H3;1-4H,9H2. The number of nitrogens with two attached hydrogens (primary N) is 2. The van der Waals surface area contributed by atoms with E-state index in [9.17, 15) is 0 Å². The van der Waals surface area contributed by atoms with Gasteiger partial charge in [0.1, 0.15) is 0 Å². The Kier molecular flexibility index (Phi) is 4.77. The summed E-state index contributed by atoms with van der Waals surface area (Å²) in [6.45, 7) is 4.08. The van der Waals surface area contributed by atoms with Crippen LogP contribution in [0.1, 0.15) is 16.7 Å². The van der Waals surface area contributed by atoms with E-state index in [4.69, 9.17) is 16.7 Å². The molecule has 0 unspecified atom stereocenters. The minimum atomic E-state index is 0.606. The summed E-state index contributed by atoms with van der Waals surface area (Å²) in [7, 11) is 0. The third kappa shape index (κ3) is 4.18. The first-order valence-electron chi connectivity index (χ1n) is 5.61.